The molecule has 0 fully saturated rings. The second-order valence-electron chi connectivity index (χ2n) is 7.59. The molecule has 2 rings (SSSR count). The Kier molecular flexibility index (Phi) is 7.62. The second-order valence-corrected chi connectivity index (χ2v) is 9.27. The van der Waals surface area contributed by atoms with Crippen molar-refractivity contribution in [1.29, 1.82) is 0 Å². The van der Waals surface area contributed by atoms with Crippen LogP contribution in [0.4, 0.5) is 0 Å². The molecule has 166 valence electrons. The van der Waals surface area contributed by atoms with Crippen molar-refractivity contribution in [3.05, 3.63) is 77.5 Å². The minimum absolute atomic E-state index is 0.00334. The van der Waals surface area contributed by atoms with Gasteiger partial charge in [-0.15, -0.1) is 0 Å². The third-order valence-electron chi connectivity index (χ3n) is 4.96. The Morgan fingerprint density at radius 2 is 1.55 bits per heavy atom. The van der Waals surface area contributed by atoms with Crippen LogP contribution in [0.15, 0.2) is 71.3 Å². The molecule has 7 nitrogen and oxygen atoms in total. The fourth-order valence-corrected chi connectivity index (χ4v) is 4.17. The van der Waals surface area contributed by atoms with Gasteiger partial charge in [-0.2, -0.15) is 0 Å². The summed E-state index contributed by atoms with van der Waals surface area (Å²) in [7, 11) is -1.64. The molecule has 1 atom stereocenters. The number of hydrogen-bond acceptors (Lipinski definition) is 6. The van der Waals surface area contributed by atoms with Crippen LogP contribution < -0.4 is 4.72 Å². The summed E-state index contributed by atoms with van der Waals surface area (Å²) in [5, 5.41) is 0. The Balaban J connectivity index is 2.59. The van der Waals surface area contributed by atoms with Gasteiger partial charge in [-0.3, -0.25) is 9.52 Å². The minimum Gasteiger partial charge on any atom is -0.469 e. The van der Waals surface area contributed by atoms with Crippen molar-refractivity contribution in [1.82, 2.24) is 4.72 Å². The Hall–Kier alpha value is -3.13. The number of allylic oxidation sites excluding steroid dienone is 1. The SMILES string of the molecule is COC(=O)/C(=C\[C@H](c1ccccc1)C(C)(C)C(=O)OC)NS(=O)(=O)c1ccc(C)cc1. The van der Waals surface area contributed by atoms with E-state index in [4.69, 9.17) is 9.47 Å². The first-order chi connectivity index (χ1) is 14.5. The molecule has 0 aliphatic rings. The molecule has 31 heavy (non-hydrogen) atoms. The number of methoxy groups -OCH3 is 2. The summed E-state index contributed by atoms with van der Waals surface area (Å²) >= 11 is 0. The molecule has 0 aliphatic carbocycles. The third-order valence-corrected chi connectivity index (χ3v) is 6.34. The lowest BCUT2D eigenvalue weighted by Gasteiger charge is -2.30. The highest BCUT2D eigenvalue weighted by molar-refractivity contribution is 7.89. The first-order valence-corrected chi connectivity index (χ1v) is 11.0. The number of nitrogens with one attached hydrogen (secondary N) is 1. The van der Waals surface area contributed by atoms with Crippen molar-refractivity contribution in [3.8, 4) is 0 Å². The molecule has 0 aromatic heterocycles. The molecule has 0 saturated heterocycles. The van der Waals surface area contributed by atoms with E-state index in [2.05, 4.69) is 4.72 Å². The van der Waals surface area contributed by atoms with Crippen LogP contribution in [0.25, 0.3) is 0 Å². The molecule has 0 amide bonds. The maximum atomic E-state index is 12.9. The number of rotatable bonds is 8. The van der Waals surface area contributed by atoms with Crippen LogP contribution in [-0.2, 0) is 29.1 Å². The lowest BCUT2D eigenvalue weighted by Crippen LogP contribution is -2.34. The molecule has 0 aliphatic heterocycles. The van der Waals surface area contributed by atoms with Crippen molar-refractivity contribution >= 4 is 22.0 Å². The molecule has 1 N–H and O–H groups in total. The van der Waals surface area contributed by atoms with E-state index in [1.165, 1.54) is 25.3 Å². The smallest absolute Gasteiger partial charge is 0.354 e. The first-order valence-electron chi connectivity index (χ1n) is 9.56. The number of ether oxygens (including phenoxy) is 2. The zero-order valence-electron chi connectivity index (χ0n) is 18.2. The van der Waals surface area contributed by atoms with Gasteiger partial charge in [-0.25, -0.2) is 13.2 Å². The van der Waals surface area contributed by atoms with E-state index in [1.54, 1.807) is 50.2 Å². The second kappa shape index (κ2) is 9.78. The molecule has 0 saturated carbocycles. The van der Waals surface area contributed by atoms with Crippen LogP contribution in [0.1, 0.15) is 30.9 Å². The van der Waals surface area contributed by atoms with Gasteiger partial charge in [-0.1, -0.05) is 48.0 Å². The van der Waals surface area contributed by atoms with Gasteiger partial charge in [0.15, 0.2) is 0 Å². The number of sulfonamides is 1. The first kappa shape index (κ1) is 24.1. The summed E-state index contributed by atoms with van der Waals surface area (Å²) in [4.78, 5) is 25.0. The van der Waals surface area contributed by atoms with E-state index < -0.39 is 33.3 Å². The van der Waals surface area contributed by atoms with Crippen molar-refractivity contribution in [3.63, 3.8) is 0 Å². The number of hydrogen-bond donors (Lipinski definition) is 1. The molecule has 0 heterocycles. The highest BCUT2D eigenvalue weighted by atomic mass is 32.2. The average Bonchev–Trinajstić information content (AvgIpc) is 2.75. The summed E-state index contributed by atoms with van der Waals surface area (Å²) in [6.07, 6.45) is 1.39. The number of aryl methyl sites for hydroxylation is 1. The average molecular weight is 446 g/mol. The monoisotopic (exact) mass is 445 g/mol. The van der Waals surface area contributed by atoms with E-state index in [0.717, 1.165) is 12.7 Å². The number of carbonyl (C=O) groups excluding carboxylic acids is 2. The maximum absolute atomic E-state index is 12.9. The fourth-order valence-electron chi connectivity index (χ4n) is 3.11. The van der Waals surface area contributed by atoms with Crippen LogP contribution in [-0.4, -0.2) is 34.6 Å². The van der Waals surface area contributed by atoms with Gasteiger partial charge in [-0.05, 0) is 44.5 Å². The Labute approximate surface area is 183 Å². The van der Waals surface area contributed by atoms with Gasteiger partial charge in [0.2, 0.25) is 0 Å². The van der Waals surface area contributed by atoms with Crippen LogP contribution in [0.5, 0.6) is 0 Å². The topological polar surface area (TPSA) is 98.8 Å². The van der Waals surface area contributed by atoms with Crippen molar-refractivity contribution in [2.24, 2.45) is 5.41 Å². The molecular formula is C23H27NO6S. The molecule has 0 spiro atoms. The molecule has 2 aromatic rings. The Morgan fingerprint density at radius 3 is 2.06 bits per heavy atom. The standard InChI is InChI=1S/C23H27NO6S/c1-16-11-13-18(14-12-16)31(27,28)24-20(21(25)29-4)15-19(17-9-7-6-8-10-17)23(2,3)22(26)30-5/h6-15,19,24H,1-5H3/b20-15+/t19-/m1/s1. The van der Waals surface area contributed by atoms with E-state index in [1.807, 2.05) is 13.0 Å². The summed E-state index contributed by atoms with van der Waals surface area (Å²) in [6.45, 7) is 5.16. The predicted octanol–water partition coefficient (Wildman–Crippen LogP) is 3.31. The van der Waals surface area contributed by atoms with Gasteiger partial charge < -0.3 is 9.47 Å². The van der Waals surface area contributed by atoms with E-state index >= 15 is 0 Å². The Bertz CT molecular complexity index is 1060. The van der Waals surface area contributed by atoms with E-state index in [0.29, 0.717) is 5.56 Å². The van der Waals surface area contributed by atoms with Crippen molar-refractivity contribution in [2.75, 3.05) is 14.2 Å². The zero-order valence-corrected chi connectivity index (χ0v) is 19.0. The van der Waals surface area contributed by atoms with Crippen LogP contribution >= 0.6 is 0 Å². The number of esters is 2. The predicted molar refractivity (Wildman–Crippen MR) is 117 cm³/mol. The zero-order chi connectivity index (χ0) is 23.2. The Morgan fingerprint density at radius 1 is 0.968 bits per heavy atom. The summed E-state index contributed by atoms with van der Waals surface area (Å²) in [5.74, 6) is -2.07. The minimum atomic E-state index is -4.07. The normalized spacial score (nSPS) is 13.3. The van der Waals surface area contributed by atoms with Crippen LogP contribution in [0.2, 0.25) is 0 Å². The molecule has 0 radical (unpaired) electrons. The fraction of sp³-hybridized carbons (Fsp3) is 0.304. The molecule has 8 heteroatoms. The lowest BCUT2D eigenvalue weighted by atomic mass is 9.74. The highest BCUT2D eigenvalue weighted by Crippen LogP contribution is 2.38. The molecular weight excluding hydrogens is 418 g/mol. The number of carbonyl (C=O) groups is 2. The van der Waals surface area contributed by atoms with Gasteiger partial charge >= 0.3 is 11.9 Å². The van der Waals surface area contributed by atoms with Gasteiger partial charge in [0.1, 0.15) is 5.70 Å². The number of benzene rings is 2. The summed E-state index contributed by atoms with van der Waals surface area (Å²) in [6, 6.07) is 15.2. The lowest BCUT2D eigenvalue weighted by molar-refractivity contribution is -0.151. The van der Waals surface area contributed by atoms with Crippen molar-refractivity contribution in [2.45, 2.75) is 31.6 Å². The van der Waals surface area contributed by atoms with E-state index in [-0.39, 0.29) is 10.6 Å². The molecule has 2 aromatic carbocycles. The summed E-state index contributed by atoms with van der Waals surface area (Å²) in [5.41, 5.74) is 0.194. The van der Waals surface area contributed by atoms with E-state index in [9.17, 15) is 18.0 Å². The molecule has 0 unspecified atom stereocenters. The molecule has 0 bridgehead atoms. The quantitative estimate of drug-likeness (QED) is 0.494. The van der Waals surface area contributed by atoms with Crippen LogP contribution in [0, 0.1) is 12.3 Å². The highest BCUT2D eigenvalue weighted by Gasteiger charge is 2.39. The third kappa shape index (κ3) is 5.73. The van der Waals surface area contributed by atoms with Gasteiger partial charge in [0.25, 0.3) is 10.0 Å². The van der Waals surface area contributed by atoms with Crippen LogP contribution in [0.3, 0.4) is 0 Å². The maximum Gasteiger partial charge on any atom is 0.354 e. The van der Waals surface area contributed by atoms with Crippen molar-refractivity contribution < 1.29 is 27.5 Å². The van der Waals surface area contributed by atoms with Gasteiger partial charge in [0, 0.05) is 5.92 Å². The van der Waals surface area contributed by atoms with Gasteiger partial charge in [0.05, 0.1) is 24.5 Å². The summed E-state index contributed by atoms with van der Waals surface area (Å²) < 4.78 is 37.8. The largest absolute Gasteiger partial charge is 0.469 e.